The van der Waals surface area contributed by atoms with Gasteiger partial charge >= 0.3 is 12.1 Å². The zero-order valence-electron chi connectivity index (χ0n) is 15.9. The van der Waals surface area contributed by atoms with Crippen LogP contribution in [0.4, 0.5) is 13.2 Å². The zero-order valence-corrected chi connectivity index (χ0v) is 17.5. The number of alkyl halides is 3. The lowest BCUT2D eigenvalue weighted by molar-refractivity contribution is -0.138. The second-order valence-electron chi connectivity index (χ2n) is 6.41. The average Bonchev–Trinajstić information content (AvgIpc) is 3.06. The third kappa shape index (κ3) is 5.34. The summed E-state index contributed by atoms with van der Waals surface area (Å²) < 4.78 is 65.3. The molecule has 0 bridgehead atoms. The van der Waals surface area contributed by atoms with Crippen LogP contribution in [0.2, 0.25) is 0 Å². The van der Waals surface area contributed by atoms with Crippen molar-refractivity contribution in [2.45, 2.75) is 27.6 Å². The largest absolute Gasteiger partial charge is 0.481 e. The number of halogens is 3. The summed E-state index contributed by atoms with van der Waals surface area (Å²) in [6.45, 7) is 0. The number of benzene rings is 2. The van der Waals surface area contributed by atoms with Crippen LogP contribution >= 0.6 is 11.8 Å². The molecule has 0 aromatic heterocycles. The fraction of sp³-hybridized carbons (Fsp3) is 0.158. The molecule has 1 aliphatic heterocycles. The number of carboxylic acid groups (broad SMARTS) is 1. The van der Waals surface area contributed by atoms with Crippen LogP contribution in [0.5, 0.6) is 0 Å². The van der Waals surface area contributed by atoms with Gasteiger partial charge in [0, 0.05) is 5.56 Å². The molecule has 1 fully saturated rings. The van der Waals surface area contributed by atoms with E-state index in [2.05, 4.69) is 15.5 Å². The van der Waals surface area contributed by atoms with Crippen molar-refractivity contribution in [1.29, 1.82) is 0 Å². The standard InChI is InChI=1S/C19H14F3N3O5S2/c20-19(21,22)12-6-7-15(32(29,30)13-4-2-1-3-5-13)11(8-12)10-23-25-18-24-17(28)14(31-18)9-16(26)27/h1-8,10,14H,9H2,(H,26,27)(H,24,25,28). The topological polar surface area (TPSA) is 125 Å². The summed E-state index contributed by atoms with van der Waals surface area (Å²) in [5, 5.41) is 17.4. The van der Waals surface area contributed by atoms with E-state index in [-0.39, 0.29) is 15.6 Å². The summed E-state index contributed by atoms with van der Waals surface area (Å²) >= 11 is 0.793. The van der Waals surface area contributed by atoms with Crippen LogP contribution in [0.15, 0.2) is 68.5 Å². The summed E-state index contributed by atoms with van der Waals surface area (Å²) in [5.74, 6) is -1.79. The van der Waals surface area contributed by atoms with E-state index in [0.717, 1.165) is 24.0 Å². The molecule has 13 heteroatoms. The number of sulfone groups is 1. The highest BCUT2D eigenvalue weighted by atomic mass is 32.2. The highest BCUT2D eigenvalue weighted by Gasteiger charge is 2.33. The number of carbonyl (C=O) groups is 2. The second-order valence-corrected chi connectivity index (χ2v) is 9.52. The van der Waals surface area contributed by atoms with E-state index in [9.17, 15) is 31.2 Å². The van der Waals surface area contributed by atoms with E-state index < -0.39 is 50.0 Å². The predicted octanol–water partition coefficient (Wildman–Crippen LogP) is 2.93. The number of amidine groups is 1. The molecule has 0 radical (unpaired) electrons. The predicted molar refractivity (Wildman–Crippen MR) is 110 cm³/mol. The maximum absolute atomic E-state index is 13.2. The summed E-state index contributed by atoms with van der Waals surface area (Å²) in [7, 11) is -4.16. The quantitative estimate of drug-likeness (QED) is 0.479. The van der Waals surface area contributed by atoms with Crippen molar-refractivity contribution in [2.24, 2.45) is 10.2 Å². The highest BCUT2D eigenvalue weighted by molar-refractivity contribution is 8.15. The van der Waals surface area contributed by atoms with Gasteiger partial charge in [0.2, 0.25) is 15.7 Å². The van der Waals surface area contributed by atoms with Crippen LogP contribution in [0.1, 0.15) is 17.5 Å². The van der Waals surface area contributed by atoms with E-state index >= 15 is 0 Å². The molecular weight excluding hydrogens is 471 g/mol. The average molecular weight is 485 g/mol. The van der Waals surface area contributed by atoms with Gasteiger partial charge in [-0.15, -0.1) is 5.10 Å². The second kappa shape index (κ2) is 9.12. The Labute approximate surface area is 184 Å². The molecule has 1 unspecified atom stereocenters. The molecule has 32 heavy (non-hydrogen) atoms. The maximum Gasteiger partial charge on any atom is 0.416 e. The van der Waals surface area contributed by atoms with Gasteiger partial charge < -0.3 is 10.4 Å². The number of thioether (sulfide) groups is 1. The van der Waals surface area contributed by atoms with Gasteiger partial charge in [-0.1, -0.05) is 30.0 Å². The molecule has 2 N–H and O–H groups in total. The summed E-state index contributed by atoms with van der Waals surface area (Å²) in [6, 6.07) is 9.29. The molecule has 0 saturated carbocycles. The zero-order chi connectivity index (χ0) is 23.5. The van der Waals surface area contributed by atoms with Crippen LogP contribution in [0.25, 0.3) is 0 Å². The first-order chi connectivity index (χ1) is 15.0. The van der Waals surface area contributed by atoms with Gasteiger partial charge in [0.15, 0.2) is 5.17 Å². The Balaban J connectivity index is 1.97. The van der Waals surface area contributed by atoms with Gasteiger partial charge in [-0.05, 0) is 30.3 Å². The molecular formula is C19H14F3N3O5S2. The summed E-state index contributed by atoms with van der Waals surface area (Å²) in [6.07, 6.45) is -4.34. The van der Waals surface area contributed by atoms with E-state index in [1.165, 1.54) is 24.3 Å². The molecule has 0 aliphatic carbocycles. The number of aliphatic carboxylic acids is 1. The van der Waals surface area contributed by atoms with Crippen molar-refractivity contribution in [2.75, 3.05) is 0 Å². The van der Waals surface area contributed by atoms with Gasteiger partial charge in [0.25, 0.3) is 0 Å². The van der Waals surface area contributed by atoms with Crippen LogP contribution in [-0.4, -0.2) is 42.0 Å². The Morgan fingerprint density at radius 3 is 2.50 bits per heavy atom. The number of hydrogen-bond acceptors (Lipinski definition) is 7. The van der Waals surface area contributed by atoms with Crippen molar-refractivity contribution >= 4 is 44.9 Å². The van der Waals surface area contributed by atoms with Crippen molar-refractivity contribution in [3.8, 4) is 0 Å². The normalized spacial score (nSPS) is 18.3. The molecule has 1 heterocycles. The van der Waals surface area contributed by atoms with Gasteiger partial charge in [-0.3, -0.25) is 9.59 Å². The van der Waals surface area contributed by atoms with Crippen molar-refractivity contribution in [3.63, 3.8) is 0 Å². The third-order valence-electron chi connectivity index (χ3n) is 4.16. The molecule has 168 valence electrons. The van der Waals surface area contributed by atoms with Crippen LogP contribution < -0.4 is 5.32 Å². The first-order valence-corrected chi connectivity index (χ1v) is 11.2. The first-order valence-electron chi connectivity index (χ1n) is 8.80. The molecule has 3 rings (SSSR count). The number of hydrogen-bond donors (Lipinski definition) is 2. The minimum absolute atomic E-state index is 0.0584. The summed E-state index contributed by atoms with van der Waals surface area (Å²) in [4.78, 5) is 22.0. The van der Waals surface area contributed by atoms with Crippen LogP contribution in [-0.2, 0) is 25.6 Å². The highest BCUT2D eigenvalue weighted by Crippen LogP contribution is 2.32. The lowest BCUT2D eigenvalue weighted by Crippen LogP contribution is -2.26. The number of carboxylic acids is 1. The number of nitrogens with zero attached hydrogens (tertiary/aromatic N) is 2. The maximum atomic E-state index is 13.2. The molecule has 1 atom stereocenters. The molecule has 1 amide bonds. The molecule has 1 aliphatic rings. The molecule has 8 nitrogen and oxygen atoms in total. The Morgan fingerprint density at radius 2 is 1.88 bits per heavy atom. The number of amides is 1. The lowest BCUT2D eigenvalue weighted by Gasteiger charge is -2.12. The number of rotatable bonds is 6. The van der Waals surface area contributed by atoms with Crippen molar-refractivity contribution in [1.82, 2.24) is 5.32 Å². The number of nitrogens with one attached hydrogen (secondary N) is 1. The van der Waals surface area contributed by atoms with E-state index in [1.54, 1.807) is 6.07 Å². The van der Waals surface area contributed by atoms with E-state index in [0.29, 0.717) is 12.1 Å². The minimum atomic E-state index is -4.72. The van der Waals surface area contributed by atoms with Crippen molar-refractivity contribution < 1.29 is 36.3 Å². The number of carbonyl (C=O) groups excluding carboxylic acids is 1. The first kappa shape index (κ1) is 23.5. The molecule has 2 aromatic carbocycles. The molecule has 2 aromatic rings. The summed E-state index contributed by atoms with van der Waals surface area (Å²) in [5.41, 5.74) is -1.44. The molecule has 1 saturated heterocycles. The van der Waals surface area contributed by atoms with Crippen LogP contribution in [0, 0.1) is 0 Å². The van der Waals surface area contributed by atoms with Crippen LogP contribution in [0.3, 0.4) is 0 Å². The fourth-order valence-corrected chi connectivity index (χ4v) is 5.04. The van der Waals surface area contributed by atoms with Gasteiger partial charge in [0.05, 0.1) is 28.0 Å². The van der Waals surface area contributed by atoms with E-state index in [4.69, 9.17) is 5.11 Å². The Kier molecular flexibility index (Phi) is 6.69. The van der Waals surface area contributed by atoms with Gasteiger partial charge in [-0.2, -0.15) is 18.3 Å². The SMILES string of the molecule is O=C(O)CC1SC(=NN=Cc2cc(C(F)(F)F)ccc2S(=O)(=O)c2ccccc2)NC1=O. The minimum Gasteiger partial charge on any atom is -0.481 e. The van der Waals surface area contributed by atoms with E-state index in [1.807, 2.05) is 0 Å². The van der Waals surface area contributed by atoms with Crippen molar-refractivity contribution in [3.05, 3.63) is 59.7 Å². The molecule has 0 spiro atoms. The monoisotopic (exact) mass is 485 g/mol. The lowest BCUT2D eigenvalue weighted by atomic mass is 10.1. The fourth-order valence-electron chi connectivity index (χ4n) is 2.69. The van der Waals surface area contributed by atoms with Gasteiger partial charge in [0.1, 0.15) is 5.25 Å². The Hall–Kier alpha value is -3.19. The smallest absolute Gasteiger partial charge is 0.416 e. The Bertz CT molecular complexity index is 1210. The Morgan fingerprint density at radius 1 is 1.19 bits per heavy atom. The third-order valence-corrected chi connectivity index (χ3v) is 7.08. The van der Waals surface area contributed by atoms with Gasteiger partial charge in [-0.25, -0.2) is 8.42 Å².